The first-order valence-corrected chi connectivity index (χ1v) is 13.1. The molecule has 5 nitrogen and oxygen atoms in total. The first-order valence-electron chi connectivity index (χ1n) is 13.1. The van der Waals surface area contributed by atoms with Crippen molar-refractivity contribution in [3.05, 3.63) is 82.7 Å². The van der Waals surface area contributed by atoms with Crippen LogP contribution in [0.25, 0.3) is 0 Å². The monoisotopic (exact) mass is 509 g/mol. The number of alkyl halides is 1. The highest BCUT2D eigenvalue weighted by molar-refractivity contribution is 5.62. The Kier molecular flexibility index (Phi) is 7.65. The van der Waals surface area contributed by atoms with Crippen LogP contribution in [-0.4, -0.2) is 40.5 Å². The molecule has 0 radical (unpaired) electrons. The van der Waals surface area contributed by atoms with Crippen molar-refractivity contribution in [1.29, 1.82) is 0 Å². The molecule has 2 aromatic carbocycles. The van der Waals surface area contributed by atoms with Crippen molar-refractivity contribution in [3.8, 4) is 0 Å². The predicted molar refractivity (Wildman–Crippen MR) is 140 cm³/mol. The number of halogens is 3. The average Bonchev–Trinajstić information content (AvgIpc) is 2.88. The molecule has 3 aromatic rings. The van der Waals surface area contributed by atoms with Gasteiger partial charge in [0.2, 0.25) is 0 Å². The minimum atomic E-state index is -1.46. The Morgan fingerprint density at radius 3 is 2.43 bits per heavy atom. The van der Waals surface area contributed by atoms with Crippen LogP contribution in [0.2, 0.25) is 0 Å². The summed E-state index contributed by atoms with van der Waals surface area (Å²) in [5.74, 6) is -0.265. The van der Waals surface area contributed by atoms with Crippen LogP contribution in [0.15, 0.2) is 48.5 Å². The van der Waals surface area contributed by atoms with E-state index >= 15 is 4.39 Å². The first kappa shape index (κ1) is 25.5. The summed E-state index contributed by atoms with van der Waals surface area (Å²) >= 11 is 0. The molecule has 1 N–H and O–H groups in total. The standard InChI is InChI=1S/C29H34F3N5/c1-19(2)33-28-29(35-25-12-13-36(18-26(25)34-28)17-20-6-4-3-5-7-20)37-14-10-21(11-15-37)27(32)23-9-8-22(30)16-24(23)31/h3-9,16,19,21,27H,10-15,17-18H2,1-2H3,(H,33,34)/t27-/m0/s1. The van der Waals surface area contributed by atoms with E-state index in [-0.39, 0.29) is 17.5 Å². The maximum absolute atomic E-state index is 15.2. The highest BCUT2D eigenvalue weighted by Gasteiger charge is 2.32. The summed E-state index contributed by atoms with van der Waals surface area (Å²) in [5, 5.41) is 3.46. The van der Waals surface area contributed by atoms with Crippen molar-refractivity contribution < 1.29 is 13.2 Å². The largest absolute Gasteiger partial charge is 0.365 e. The number of piperidine rings is 1. The van der Waals surface area contributed by atoms with Crippen molar-refractivity contribution >= 4 is 11.6 Å². The quantitative estimate of drug-likeness (QED) is 0.419. The van der Waals surface area contributed by atoms with E-state index in [0.717, 1.165) is 61.2 Å². The number of rotatable bonds is 7. The van der Waals surface area contributed by atoms with E-state index in [9.17, 15) is 8.78 Å². The average molecular weight is 510 g/mol. The van der Waals surface area contributed by atoms with E-state index in [0.29, 0.717) is 25.9 Å². The van der Waals surface area contributed by atoms with Gasteiger partial charge < -0.3 is 10.2 Å². The van der Waals surface area contributed by atoms with Gasteiger partial charge in [-0.2, -0.15) is 0 Å². The lowest BCUT2D eigenvalue weighted by atomic mass is 9.88. The molecular formula is C29H34F3N5. The Morgan fingerprint density at radius 2 is 1.73 bits per heavy atom. The van der Waals surface area contributed by atoms with Gasteiger partial charge in [-0.05, 0) is 44.2 Å². The molecule has 0 unspecified atom stereocenters. The molecule has 2 aliphatic rings. The van der Waals surface area contributed by atoms with Gasteiger partial charge in [-0.3, -0.25) is 4.90 Å². The van der Waals surface area contributed by atoms with Crippen molar-refractivity contribution in [2.75, 3.05) is 29.9 Å². The second-order valence-corrected chi connectivity index (χ2v) is 10.4. The van der Waals surface area contributed by atoms with Gasteiger partial charge in [0.15, 0.2) is 11.6 Å². The lowest BCUT2D eigenvalue weighted by Crippen LogP contribution is -2.38. The number of nitrogens with zero attached hydrogens (tertiary/aromatic N) is 4. The summed E-state index contributed by atoms with van der Waals surface area (Å²) < 4.78 is 42.6. The van der Waals surface area contributed by atoms with Crippen LogP contribution in [0.4, 0.5) is 24.8 Å². The second kappa shape index (κ2) is 11.1. The van der Waals surface area contributed by atoms with Gasteiger partial charge >= 0.3 is 0 Å². The normalized spacial score (nSPS) is 17.6. The van der Waals surface area contributed by atoms with E-state index in [2.05, 4.69) is 53.2 Å². The van der Waals surface area contributed by atoms with Gasteiger partial charge in [-0.1, -0.05) is 36.4 Å². The van der Waals surface area contributed by atoms with E-state index < -0.39 is 17.8 Å². The molecule has 0 spiro atoms. The molecule has 3 heterocycles. The van der Waals surface area contributed by atoms with E-state index in [4.69, 9.17) is 9.97 Å². The lowest BCUT2D eigenvalue weighted by Gasteiger charge is -2.36. The maximum Gasteiger partial charge on any atom is 0.172 e. The molecule has 196 valence electrons. The third-order valence-corrected chi connectivity index (χ3v) is 7.26. The van der Waals surface area contributed by atoms with E-state index in [1.807, 2.05) is 6.07 Å². The van der Waals surface area contributed by atoms with E-state index in [1.165, 1.54) is 11.6 Å². The van der Waals surface area contributed by atoms with Gasteiger partial charge in [0.1, 0.15) is 17.8 Å². The van der Waals surface area contributed by atoms with Crippen molar-refractivity contribution in [3.63, 3.8) is 0 Å². The molecule has 2 aliphatic heterocycles. The molecule has 1 aromatic heterocycles. The fraction of sp³-hybridized carbons (Fsp3) is 0.448. The van der Waals surface area contributed by atoms with Crippen molar-refractivity contribution in [2.24, 2.45) is 5.92 Å². The zero-order valence-electron chi connectivity index (χ0n) is 21.4. The molecule has 0 saturated carbocycles. The molecule has 1 atom stereocenters. The molecule has 0 amide bonds. The Morgan fingerprint density at radius 1 is 0.973 bits per heavy atom. The summed E-state index contributed by atoms with van der Waals surface area (Å²) in [6.45, 7) is 7.90. The topological polar surface area (TPSA) is 44.3 Å². The fourth-order valence-electron chi connectivity index (χ4n) is 5.33. The second-order valence-electron chi connectivity index (χ2n) is 10.4. The molecule has 0 aliphatic carbocycles. The highest BCUT2D eigenvalue weighted by atomic mass is 19.1. The Balaban J connectivity index is 1.30. The molecule has 1 fully saturated rings. The van der Waals surface area contributed by atoms with Gasteiger partial charge in [0.05, 0.1) is 11.4 Å². The van der Waals surface area contributed by atoms with E-state index in [1.54, 1.807) is 0 Å². The van der Waals surface area contributed by atoms with Gasteiger partial charge in [0, 0.05) is 56.8 Å². The number of anilines is 2. The number of fused-ring (bicyclic) bond motifs is 1. The summed E-state index contributed by atoms with van der Waals surface area (Å²) in [4.78, 5) is 14.6. The SMILES string of the molecule is CC(C)Nc1nc2c(nc1N1CCC([C@H](F)c3ccc(F)cc3F)CC1)CCN(Cc1ccccc1)C2. The smallest absolute Gasteiger partial charge is 0.172 e. The highest BCUT2D eigenvalue weighted by Crippen LogP contribution is 2.37. The summed E-state index contributed by atoms with van der Waals surface area (Å²) in [7, 11) is 0. The summed E-state index contributed by atoms with van der Waals surface area (Å²) in [6, 6.07) is 13.7. The lowest BCUT2D eigenvalue weighted by molar-refractivity contribution is 0.193. The summed E-state index contributed by atoms with van der Waals surface area (Å²) in [5.41, 5.74) is 3.24. The number of hydrogen-bond donors (Lipinski definition) is 1. The van der Waals surface area contributed by atoms with Crippen molar-refractivity contribution in [1.82, 2.24) is 14.9 Å². The van der Waals surface area contributed by atoms with Crippen molar-refractivity contribution in [2.45, 2.75) is 58.4 Å². The molecule has 37 heavy (non-hydrogen) atoms. The Hall–Kier alpha value is -3.13. The molecule has 5 rings (SSSR count). The van der Waals surface area contributed by atoms with Crippen LogP contribution in [0.5, 0.6) is 0 Å². The minimum absolute atomic E-state index is 0.0596. The van der Waals surface area contributed by atoms with Crippen LogP contribution in [-0.2, 0) is 19.5 Å². The molecular weight excluding hydrogens is 475 g/mol. The molecule has 1 saturated heterocycles. The summed E-state index contributed by atoms with van der Waals surface area (Å²) in [6.07, 6.45) is 0.490. The van der Waals surface area contributed by atoms with Crippen LogP contribution >= 0.6 is 0 Å². The maximum atomic E-state index is 15.2. The number of benzene rings is 2. The van der Waals surface area contributed by atoms with Crippen LogP contribution in [0, 0.1) is 17.6 Å². The number of aromatic nitrogens is 2. The Bertz CT molecular complexity index is 1210. The first-order chi connectivity index (χ1) is 17.9. The molecule has 0 bridgehead atoms. The molecule has 8 heteroatoms. The minimum Gasteiger partial charge on any atom is -0.365 e. The van der Waals surface area contributed by atoms with Gasteiger partial charge in [0.25, 0.3) is 0 Å². The van der Waals surface area contributed by atoms with Gasteiger partial charge in [-0.15, -0.1) is 0 Å². The zero-order valence-corrected chi connectivity index (χ0v) is 21.4. The van der Waals surface area contributed by atoms with Crippen LogP contribution < -0.4 is 10.2 Å². The third kappa shape index (κ3) is 5.90. The predicted octanol–water partition coefficient (Wildman–Crippen LogP) is 6.06. The fourth-order valence-corrected chi connectivity index (χ4v) is 5.33. The van der Waals surface area contributed by atoms with Crippen LogP contribution in [0.3, 0.4) is 0 Å². The van der Waals surface area contributed by atoms with Gasteiger partial charge in [-0.25, -0.2) is 23.1 Å². The Labute approximate surface area is 216 Å². The third-order valence-electron chi connectivity index (χ3n) is 7.26. The number of nitrogens with one attached hydrogen (secondary N) is 1. The zero-order chi connectivity index (χ0) is 25.9. The van der Waals surface area contributed by atoms with Crippen LogP contribution in [0.1, 0.15) is 55.4 Å². The number of hydrogen-bond acceptors (Lipinski definition) is 5.